The zero-order valence-electron chi connectivity index (χ0n) is 8.25. The lowest BCUT2D eigenvalue weighted by Gasteiger charge is -2.14. The fraction of sp³-hybridized carbons (Fsp3) is 0.200. The normalized spacial score (nSPS) is 20.4. The number of rotatable bonds is 1. The Hall–Kier alpha value is -1.66. The molecule has 2 aromatic rings. The number of nitrogens with zero attached hydrogens (tertiary/aromatic N) is 2. The third-order valence-corrected chi connectivity index (χ3v) is 3.48. The van der Waals surface area contributed by atoms with Crippen molar-refractivity contribution in [3.63, 3.8) is 0 Å². The minimum Gasteiger partial charge on any atom is -0.371 e. The third-order valence-electron chi connectivity index (χ3n) is 2.44. The van der Waals surface area contributed by atoms with Crippen molar-refractivity contribution in [1.82, 2.24) is 10.3 Å². The molecule has 1 saturated heterocycles. The van der Waals surface area contributed by atoms with Gasteiger partial charge in [-0.05, 0) is 12.1 Å². The quantitative estimate of drug-likeness (QED) is 0.779. The fourth-order valence-corrected chi connectivity index (χ4v) is 2.68. The molecular formula is C10H9N3O2S. The number of nitrogens with one attached hydrogen (secondary N) is 1. The number of thiazole rings is 1. The minimum atomic E-state index is -0.826. The summed E-state index contributed by atoms with van der Waals surface area (Å²) in [6.07, 6.45) is -0.826. The predicted molar refractivity (Wildman–Crippen MR) is 61.5 cm³/mol. The van der Waals surface area contributed by atoms with Gasteiger partial charge in [0.1, 0.15) is 0 Å². The van der Waals surface area contributed by atoms with E-state index in [9.17, 15) is 9.90 Å². The maximum absolute atomic E-state index is 11.5. The van der Waals surface area contributed by atoms with Crippen LogP contribution < -0.4 is 10.2 Å². The zero-order chi connectivity index (χ0) is 11.1. The van der Waals surface area contributed by atoms with Crippen molar-refractivity contribution in [3.8, 4) is 0 Å². The Morgan fingerprint density at radius 2 is 2.31 bits per heavy atom. The van der Waals surface area contributed by atoms with E-state index >= 15 is 0 Å². The SMILES string of the molecule is O=C1NCC(O)N1c1nc2ccccc2s1. The van der Waals surface area contributed by atoms with Gasteiger partial charge in [-0.1, -0.05) is 23.5 Å². The van der Waals surface area contributed by atoms with E-state index in [0.29, 0.717) is 5.13 Å². The van der Waals surface area contributed by atoms with Crippen LogP contribution in [-0.2, 0) is 0 Å². The van der Waals surface area contributed by atoms with Gasteiger partial charge >= 0.3 is 6.03 Å². The van der Waals surface area contributed by atoms with Gasteiger partial charge in [-0.3, -0.25) is 0 Å². The van der Waals surface area contributed by atoms with Gasteiger partial charge in [-0.2, -0.15) is 0 Å². The highest BCUT2D eigenvalue weighted by molar-refractivity contribution is 7.22. The van der Waals surface area contributed by atoms with E-state index in [0.717, 1.165) is 10.2 Å². The average molecular weight is 235 g/mol. The number of aliphatic hydroxyl groups is 1. The third kappa shape index (κ3) is 1.35. The van der Waals surface area contributed by atoms with Crippen LogP contribution in [0.2, 0.25) is 0 Å². The Bertz CT molecular complexity index is 521. The van der Waals surface area contributed by atoms with Crippen molar-refractivity contribution in [1.29, 1.82) is 0 Å². The maximum atomic E-state index is 11.5. The Balaban J connectivity index is 2.08. The van der Waals surface area contributed by atoms with E-state index in [4.69, 9.17) is 0 Å². The standard InChI is InChI=1S/C10H9N3O2S/c14-8-5-11-9(15)13(8)10-12-6-3-1-2-4-7(6)16-10/h1-4,8,14H,5H2,(H,11,15). The Kier molecular flexibility index (Phi) is 2.05. The van der Waals surface area contributed by atoms with Crippen LogP contribution in [0.15, 0.2) is 24.3 Å². The van der Waals surface area contributed by atoms with Gasteiger partial charge in [-0.25, -0.2) is 14.7 Å². The number of urea groups is 1. The highest BCUT2D eigenvalue weighted by Gasteiger charge is 2.32. The Morgan fingerprint density at radius 3 is 3.00 bits per heavy atom. The second kappa shape index (κ2) is 3.43. The van der Waals surface area contributed by atoms with Crippen LogP contribution in [0.4, 0.5) is 9.93 Å². The van der Waals surface area contributed by atoms with Gasteiger partial charge in [-0.15, -0.1) is 0 Å². The van der Waals surface area contributed by atoms with Gasteiger partial charge in [0, 0.05) is 0 Å². The number of aromatic nitrogens is 1. The van der Waals surface area contributed by atoms with E-state index in [1.165, 1.54) is 16.2 Å². The summed E-state index contributed by atoms with van der Waals surface area (Å²) in [7, 11) is 0. The molecule has 0 spiro atoms. The molecule has 16 heavy (non-hydrogen) atoms. The van der Waals surface area contributed by atoms with E-state index < -0.39 is 6.23 Å². The molecule has 1 aromatic heterocycles. The summed E-state index contributed by atoms with van der Waals surface area (Å²) in [5, 5.41) is 12.7. The van der Waals surface area contributed by atoms with Gasteiger partial charge in [0.15, 0.2) is 11.4 Å². The Labute approximate surface area is 95.3 Å². The lowest BCUT2D eigenvalue weighted by molar-refractivity contribution is 0.196. The van der Waals surface area contributed by atoms with Crippen molar-refractivity contribution in [2.75, 3.05) is 11.4 Å². The van der Waals surface area contributed by atoms with Crippen LogP contribution in [0.25, 0.3) is 10.2 Å². The number of β-amino-alcohol motifs (C(OH)–C–C–N with tert-alkyl or cyclic N) is 1. The first-order valence-electron chi connectivity index (χ1n) is 4.86. The predicted octanol–water partition coefficient (Wildman–Crippen LogP) is 1.14. The summed E-state index contributed by atoms with van der Waals surface area (Å²) < 4.78 is 1.00. The first-order chi connectivity index (χ1) is 7.75. The second-order valence-electron chi connectivity index (χ2n) is 3.50. The summed E-state index contributed by atoms with van der Waals surface area (Å²) in [6, 6.07) is 7.34. The average Bonchev–Trinajstić information content (AvgIpc) is 2.82. The molecule has 2 amide bonds. The molecule has 82 valence electrons. The van der Waals surface area contributed by atoms with E-state index in [1.54, 1.807) is 0 Å². The molecule has 1 aliphatic rings. The largest absolute Gasteiger partial charge is 0.371 e. The molecule has 1 aromatic carbocycles. The Morgan fingerprint density at radius 1 is 1.50 bits per heavy atom. The highest BCUT2D eigenvalue weighted by Crippen LogP contribution is 2.30. The van der Waals surface area contributed by atoms with Crippen molar-refractivity contribution >= 4 is 32.7 Å². The number of aliphatic hydroxyl groups excluding tert-OH is 1. The van der Waals surface area contributed by atoms with Crippen LogP contribution in [0, 0.1) is 0 Å². The number of carbonyl (C=O) groups is 1. The minimum absolute atomic E-state index is 0.245. The van der Waals surface area contributed by atoms with Gasteiger partial charge in [0.05, 0.1) is 16.8 Å². The van der Waals surface area contributed by atoms with Crippen LogP contribution in [-0.4, -0.2) is 28.9 Å². The summed E-state index contributed by atoms with van der Waals surface area (Å²) in [5.41, 5.74) is 0.842. The van der Waals surface area contributed by atoms with Crippen LogP contribution in [0.1, 0.15) is 0 Å². The van der Waals surface area contributed by atoms with Crippen LogP contribution >= 0.6 is 11.3 Å². The number of benzene rings is 1. The maximum Gasteiger partial charge on any atom is 0.326 e. The van der Waals surface area contributed by atoms with Crippen molar-refractivity contribution in [2.24, 2.45) is 0 Å². The number of hydrogen-bond donors (Lipinski definition) is 2. The molecule has 5 nitrogen and oxygen atoms in total. The molecule has 0 aliphatic carbocycles. The van der Waals surface area contributed by atoms with Crippen molar-refractivity contribution in [3.05, 3.63) is 24.3 Å². The molecule has 1 fully saturated rings. The lowest BCUT2D eigenvalue weighted by Crippen LogP contribution is -2.33. The summed E-state index contributed by atoms with van der Waals surface area (Å²) in [6.45, 7) is 0.245. The number of carbonyl (C=O) groups excluding carboxylic acids is 1. The fourth-order valence-electron chi connectivity index (χ4n) is 1.67. The molecule has 1 aliphatic heterocycles. The molecule has 2 N–H and O–H groups in total. The van der Waals surface area contributed by atoms with E-state index in [1.807, 2.05) is 24.3 Å². The van der Waals surface area contributed by atoms with Gasteiger partial charge < -0.3 is 10.4 Å². The van der Waals surface area contributed by atoms with Gasteiger partial charge in [0.2, 0.25) is 0 Å². The first kappa shape index (κ1) is 9.56. The second-order valence-corrected chi connectivity index (χ2v) is 4.51. The van der Waals surface area contributed by atoms with E-state index in [2.05, 4.69) is 10.3 Å². The van der Waals surface area contributed by atoms with Crippen molar-refractivity contribution < 1.29 is 9.90 Å². The molecule has 1 unspecified atom stereocenters. The molecule has 1 atom stereocenters. The molecule has 3 rings (SSSR count). The number of fused-ring (bicyclic) bond motifs is 1. The number of anilines is 1. The zero-order valence-corrected chi connectivity index (χ0v) is 9.07. The molecule has 0 bridgehead atoms. The number of hydrogen-bond acceptors (Lipinski definition) is 4. The van der Waals surface area contributed by atoms with Crippen LogP contribution in [0.5, 0.6) is 0 Å². The summed E-state index contributed by atoms with van der Waals surface area (Å²) >= 11 is 1.40. The van der Waals surface area contributed by atoms with Gasteiger partial charge in [0.25, 0.3) is 0 Å². The molecular weight excluding hydrogens is 226 g/mol. The van der Waals surface area contributed by atoms with E-state index in [-0.39, 0.29) is 12.6 Å². The first-order valence-corrected chi connectivity index (χ1v) is 5.68. The lowest BCUT2D eigenvalue weighted by atomic mass is 10.3. The number of para-hydroxylation sites is 1. The summed E-state index contributed by atoms with van der Waals surface area (Å²) in [5.74, 6) is 0. The summed E-state index contributed by atoms with van der Waals surface area (Å²) in [4.78, 5) is 17.1. The smallest absolute Gasteiger partial charge is 0.326 e. The van der Waals surface area contributed by atoms with Crippen molar-refractivity contribution in [2.45, 2.75) is 6.23 Å². The topological polar surface area (TPSA) is 65.5 Å². The highest BCUT2D eigenvalue weighted by atomic mass is 32.1. The van der Waals surface area contributed by atoms with Crippen LogP contribution in [0.3, 0.4) is 0 Å². The number of amides is 2. The molecule has 0 radical (unpaired) electrons. The molecule has 6 heteroatoms. The monoisotopic (exact) mass is 235 g/mol. The molecule has 0 saturated carbocycles. The molecule has 2 heterocycles.